The predicted octanol–water partition coefficient (Wildman–Crippen LogP) is 5.44. The summed E-state index contributed by atoms with van der Waals surface area (Å²) in [5.41, 5.74) is 4.80. The normalized spacial score (nSPS) is 16.4. The van der Waals surface area contributed by atoms with Gasteiger partial charge in [-0.05, 0) is 53.6 Å². The highest BCUT2D eigenvalue weighted by molar-refractivity contribution is 5.94. The van der Waals surface area contributed by atoms with Gasteiger partial charge >= 0.3 is 6.18 Å². The molecule has 0 saturated carbocycles. The maximum Gasteiger partial charge on any atom is 0.416 e. The minimum atomic E-state index is -4.33. The van der Waals surface area contributed by atoms with Gasteiger partial charge in [-0.15, -0.1) is 0 Å². The number of nitrogens with zero attached hydrogens (tertiary/aromatic N) is 3. The second-order valence-corrected chi connectivity index (χ2v) is 10.9. The summed E-state index contributed by atoms with van der Waals surface area (Å²) >= 11 is 0. The Morgan fingerprint density at radius 2 is 1.62 bits per heavy atom. The number of rotatable bonds is 5. The highest BCUT2D eigenvalue weighted by Crippen LogP contribution is 2.43. The van der Waals surface area contributed by atoms with Crippen LogP contribution >= 0.6 is 0 Å². The molecule has 0 atom stereocenters. The summed E-state index contributed by atoms with van der Waals surface area (Å²) in [6.45, 7) is 4.79. The van der Waals surface area contributed by atoms with Crippen molar-refractivity contribution in [3.8, 4) is 34.3 Å². The fourth-order valence-electron chi connectivity index (χ4n) is 6.32. The van der Waals surface area contributed by atoms with Crippen LogP contribution in [-0.4, -0.2) is 52.1 Å². The Labute approximate surface area is 241 Å². The molecule has 218 valence electrons. The van der Waals surface area contributed by atoms with E-state index >= 15 is 0 Å². The van der Waals surface area contributed by atoms with E-state index in [4.69, 9.17) is 18.9 Å². The number of alkyl halides is 3. The number of halogens is 3. The van der Waals surface area contributed by atoms with E-state index in [1.165, 1.54) is 5.56 Å². The first-order chi connectivity index (χ1) is 20.3. The average Bonchev–Trinajstić information content (AvgIpc) is 3.46. The SMILES string of the molecule is COc1cc(CN2CCN(c3ccc(C(F)(F)F)cc3)CC2)c2cc3[n+](cc2c1OC)CCc1cc2c(cc1-3)OCO2. The molecule has 0 radical (unpaired) electrons. The second-order valence-electron chi connectivity index (χ2n) is 10.9. The van der Waals surface area contributed by atoms with Gasteiger partial charge in [-0.25, -0.2) is 0 Å². The lowest BCUT2D eigenvalue weighted by molar-refractivity contribution is -0.686. The van der Waals surface area contributed by atoms with Crippen LogP contribution < -0.4 is 28.4 Å². The van der Waals surface area contributed by atoms with E-state index < -0.39 is 11.7 Å². The fourth-order valence-corrected chi connectivity index (χ4v) is 6.32. The molecule has 42 heavy (non-hydrogen) atoms. The van der Waals surface area contributed by atoms with Crippen molar-refractivity contribution in [2.45, 2.75) is 25.7 Å². The molecule has 0 unspecified atom stereocenters. The number of benzene rings is 3. The molecule has 1 aromatic heterocycles. The lowest BCUT2D eigenvalue weighted by atomic mass is 9.93. The number of piperazine rings is 1. The van der Waals surface area contributed by atoms with Gasteiger partial charge in [0, 0.05) is 56.3 Å². The highest BCUT2D eigenvalue weighted by atomic mass is 19.4. The van der Waals surface area contributed by atoms with Crippen molar-refractivity contribution in [3.05, 3.63) is 71.4 Å². The lowest BCUT2D eigenvalue weighted by Gasteiger charge is -2.36. The zero-order valence-corrected chi connectivity index (χ0v) is 23.5. The van der Waals surface area contributed by atoms with Gasteiger partial charge in [-0.2, -0.15) is 17.7 Å². The Morgan fingerprint density at radius 1 is 0.881 bits per heavy atom. The predicted molar refractivity (Wildman–Crippen MR) is 151 cm³/mol. The van der Waals surface area contributed by atoms with E-state index in [9.17, 15) is 13.2 Å². The zero-order chi connectivity index (χ0) is 29.0. The Bertz CT molecular complexity index is 1670. The van der Waals surface area contributed by atoms with Crippen molar-refractivity contribution in [3.63, 3.8) is 0 Å². The van der Waals surface area contributed by atoms with Crippen molar-refractivity contribution in [2.24, 2.45) is 0 Å². The van der Waals surface area contributed by atoms with Gasteiger partial charge in [0.1, 0.15) is 0 Å². The van der Waals surface area contributed by atoms with Gasteiger partial charge in [-0.3, -0.25) is 4.90 Å². The standard InChI is InChI=1S/C32H31F3N3O4/c1-39-30-14-21(17-36-9-11-37(12-10-36)23-5-3-22(4-6-23)32(33,34)35)24-15-27-25-16-29-28(41-19-42-29)13-20(25)7-8-38(27)18-26(24)31(30)40-2/h3-6,13-16,18H,7-12,17,19H2,1-2H3/q+1. The molecule has 4 aromatic rings. The summed E-state index contributed by atoms with van der Waals surface area (Å²) in [7, 11) is 3.32. The molecule has 10 heteroatoms. The third-order valence-electron chi connectivity index (χ3n) is 8.53. The summed E-state index contributed by atoms with van der Waals surface area (Å²) < 4.78 is 64.2. The number of methoxy groups -OCH3 is 2. The highest BCUT2D eigenvalue weighted by Gasteiger charge is 2.31. The van der Waals surface area contributed by atoms with Gasteiger partial charge in [0.15, 0.2) is 35.7 Å². The van der Waals surface area contributed by atoms with Crippen LogP contribution in [-0.2, 0) is 25.7 Å². The number of hydrogen-bond acceptors (Lipinski definition) is 6. The van der Waals surface area contributed by atoms with Crippen LogP contribution in [0.4, 0.5) is 18.9 Å². The number of aromatic nitrogens is 1. The number of ether oxygens (including phenoxy) is 4. The van der Waals surface area contributed by atoms with Gasteiger partial charge in [-0.1, -0.05) is 0 Å². The first-order valence-corrected chi connectivity index (χ1v) is 14.0. The Kier molecular flexibility index (Phi) is 6.53. The molecule has 4 heterocycles. The molecule has 0 aliphatic carbocycles. The quantitative estimate of drug-likeness (QED) is 0.294. The van der Waals surface area contributed by atoms with E-state index in [0.29, 0.717) is 18.0 Å². The number of hydrogen-bond donors (Lipinski definition) is 0. The van der Waals surface area contributed by atoms with E-state index in [2.05, 4.69) is 44.8 Å². The molecule has 3 aliphatic heterocycles. The molecule has 3 aliphatic rings. The van der Waals surface area contributed by atoms with Crippen LogP contribution in [0.25, 0.3) is 22.0 Å². The number of anilines is 1. The van der Waals surface area contributed by atoms with Crippen molar-refractivity contribution < 1.29 is 36.7 Å². The summed E-state index contributed by atoms with van der Waals surface area (Å²) in [5, 5.41) is 2.08. The smallest absolute Gasteiger partial charge is 0.416 e. The molecule has 7 nitrogen and oxygen atoms in total. The van der Waals surface area contributed by atoms with Gasteiger partial charge in [0.05, 0.1) is 30.7 Å². The monoisotopic (exact) mass is 578 g/mol. The first-order valence-electron chi connectivity index (χ1n) is 14.0. The molecule has 7 rings (SSSR count). The van der Waals surface area contributed by atoms with Crippen LogP contribution in [0, 0.1) is 0 Å². The molecule has 0 spiro atoms. The summed E-state index contributed by atoms with van der Waals surface area (Å²) in [6, 6.07) is 13.9. The molecule has 0 bridgehead atoms. The van der Waals surface area contributed by atoms with Crippen molar-refractivity contribution >= 4 is 16.5 Å². The Balaban J connectivity index is 1.19. The Morgan fingerprint density at radius 3 is 2.31 bits per heavy atom. The molecular weight excluding hydrogens is 547 g/mol. The number of fused-ring (bicyclic) bond motifs is 5. The third-order valence-corrected chi connectivity index (χ3v) is 8.53. The van der Waals surface area contributed by atoms with Crippen LogP contribution in [0.15, 0.2) is 54.7 Å². The van der Waals surface area contributed by atoms with Crippen molar-refractivity contribution in [1.82, 2.24) is 4.90 Å². The van der Waals surface area contributed by atoms with Crippen LogP contribution in [0.3, 0.4) is 0 Å². The number of pyridine rings is 1. The van der Waals surface area contributed by atoms with E-state index in [1.54, 1.807) is 26.4 Å². The maximum atomic E-state index is 13.0. The van der Waals surface area contributed by atoms with E-state index in [1.807, 2.05) is 0 Å². The Hall–Kier alpha value is -4.18. The third kappa shape index (κ3) is 4.63. The van der Waals surface area contributed by atoms with E-state index in [-0.39, 0.29) is 6.79 Å². The van der Waals surface area contributed by atoms with Crippen LogP contribution in [0.2, 0.25) is 0 Å². The molecule has 1 saturated heterocycles. The summed E-state index contributed by atoms with van der Waals surface area (Å²) in [4.78, 5) is 4.51. The average molecular weight is 579 g/mol. The van der Waals surface area contributed by atoms with Crippen molar-refractivity contribution in [2.75, 3.05) is 52.1 Å². The maximum absolute atomic E-state index is 13.0. The van der Waals surface area contributed by atoms with E-state index in [0.717, 1.165) is 96.1 Å². The first kappa shape index (κ1) is 26.7. The van der Waals surface area contributed by atoms with Gasteiger partial charge < -0.3 is 23.8 Å². The topological polar surface area (TPSA) is 47.3 Å². The lowest BCUT2D eigenvalue weighted by Crippen LogP contribution is -2.46. The second kappa shape index (κ2) is 10.3. The molecule has 1 fully saturated rings. The van der Waals surface area contributed by atoms with Crippen molar-refractivity contribution in [1.29, 1.82) is 0 Å². The minimum Gasteiger partial charge on any atom is -0.493 e. The molecular formula is C32H31F3N3O4+. The molecule has 0 N–H and O–H groups in total. The zero-order valence-electron chi connectivity index (χ0n) is 23.5. The van der Waals surface area contributed by atoms with Gasteiger partial charge in [0.25, 0.3) is 0 Å². The minimum absolute atomic E-state index is 0.239. The number of aryl methyl sites for hydroxylation is 2. The summed E-state index contributed by atoms with van der Waals surface area (Å²) in [5.74, 6) is 2.95. The van der Waals surface area contributed by atoms with Crippen LogP contribution in [0.1, 0.15) is 16.7 Å². The molecule has 0 amide bonds. The van der Waals surface area contributed by atoms with Gasteiger partial charge in [0.2, 0.25) is 12.5 Å². The molecule has 3 aromatic carbocycles. The van der Waals surface area contributed by atoms with Crippen LogP contribution in [0.5, 0.6) is 23.0 Å². The fraction of sp³-hybridized carbons (Fsp3) is 0.344. The summed E-state index contributed by atoms with van der Waals surface area (Å²) in [6.07, 6.45) is -1.29. The largest absolute Gasteiger partial charge is 0.493 e.